The molecule has 0 aliphatic carbocycles. The van der Waals surface area contributed by atoms with E-state index in [4.69, 9.17) is 0 Å². The summed E-state index contributed by atoms with van der Waals surface area (Å²) in [5.41, 5.74) is -0.0197. The first kappa shape index (κ1) is 12.4. The van der Waals surface area contributed by atoms with Gasteiger partial charge in [-0.15, -0.1) is 0 Å². The van der Waals surface area contributed by atoms with Gasteiger partial charge in [-0.1, -0.05) is 38.6 Å². The van der Waals surface area contributed by atoms with Gasteiger partial charge in [0.15, 0.2) is 4.34 Å². The molecule has 1 aromatic carbocycles. The van der Waals surface area contributed by atoms with Crippen molar-refractivity contribution >= 4 is 23.3 Å². The molecule has 0 aliphatic rings. The summed E-state index contributed by atoms with van der Waals surface area (Å²) < 4.78 is 5.26. The maximum atomic E-state index is 9.38. The predicted octanol–water partition coefficient (Wildman–Crippen LogP) is 3.69. The SMILES string of the molecule is CC(C)(C)c1nsc(Sc2cccc(O)c2)n1. The van der Waals surface area contributed by atoms with E-state index < -0.39 is 0 Å². The number of nitrogens with zero attached hydrogens (tertiary/aromatic N) is 2. The Hall–Kier alpha value is -1.07. The lowest BCUT2D eigenvalue weighted by Gasteiger charge is -2.12. The Labute approximate surface area is 109 Å². The van der Waals surface area contributed by atoms with Gasteiger partial charge < -0.3 is 5.11 Å². The maximum absolute atomic E-state index is 9.38. The summed E-state index contributed by atoms with van der Waals surface area (Å²) in [6.45, 7) is 6.29. The van der Waals surface area contributed by atoms with Gasteiger partial charge >= 0.3 is 0 Å². The molecule has 1 heterocycles. The highest BCUT2D eigenvalue weighted by molar-refractivity contribution is 8.01. The van der Waals surface area contributed by atoms with Crippen LogP contribution >= 0.6 is 23.3 Å². The van der Waals surface area contributed by atoms with Crippen LogP contribution in [0.4, 0.5) is 0 Å². The average Bonchev–Trinajstić information content (AvgIpc) is 2.65. The Kier molecular flexibility index (Phi) is 3.40. The number of rotatable bonds is 2. The fourth-order valence-electron chi connectivity index (χ4n) is 1.20. The standard InChI is InChI=1S/C12H14N2OS2/c1-12(2,3)10-13-11(17-14-10)16-9-6-4-5-8(15)7-9/h4-7,15H,1-3H3. The summed E-state index contributed by atoms with van der Waals surface area (Å²) in [5, 5.41) is 9.38. The zero-order chi connectivity index (χ0) is 12.5. The molecule has 0 saturated heterocycles. The molecule has 2 rings (SSSR count). The van der Waals surface area contributed by atoms with Gasteiger partial charge in [0.1, 0.15) is 11.6 Å². The van der Waals surface area contributed by atoms with Crippen molar-refractivity contribution in [2.75, 3.05) is 0 Å². The molecule has 0 spiro atoms. The number of phenolic OH excluding ortho intramolecular Hbond substituents is 1. The van der Waals surface area contributed by atoms with Crippen molar-refractivity contribution in [2.45, 2.75) is 35.4 Å². The first-order valence-corrected chi connectivity index (χ1v) is 6.85. The third-order valence-corrected chi connectivity index (χ3v) is 3.84. The van der Waals surface area contributed by atoms with E-state index in [1.807, 2.05) is 12.1 Å². The molecule has 90 valence electrons. The van der Waals surface area contributed by atoms with Crippen LogP contribution in [0.3, 0.4) is 0 Å². The molecule has 0 amide bonds. The van der Waals surface area contributed by atoms with Gasteiger partial charge in [0.2, 0.25) is 0 Å². The molecule has 0 atom stereocenters. The smallest absolute Gasteiger partial charge is 0.174 e. The first-order valence-electron chi connectivity index (χ1n) is 5.26. The molecule has 1 N–H and O–H groups in total. The molecule has 3 nitrogen and oxygen atoms in total. The second-order valence-corrected chi connectivity index (χ2v) is 6.81. The Morgan fingerprint density at radius 1 is 1.29 bits per heavy atom. The highest BCUT2D eigenvalue weighted by atomic mass is 32.2. The second kappa shape index (κ2) is 4.66. The largest absolute Gasteiger partial charge is 0.508 e. The summed E-state index contributed by atoms with van der Waals surface area (Å²) in [5.74, 6) is 1.14. The van der Waals surface area contributed by atoms with Crippen molar-refractivity contribution in [1.82, 2.24) is 9.36 Å². The van der Waals surface area contributed by atoms with E-state index in [1.165, 1.54) is 23.3 Å². The summed E-state index contributed by atoms with van der Waals surface area (Å²) >= 11 is 2.92. The molecule has 5 heteroatoms. The van der Waals surface area contributed by atoms with Crippen LogP contribution in [0.1, 0.15) is 26.6 Å². The molecule has 1 aromatic heterocycles. The van der Waals surface area contributed by atoms with Gasteiger partial charge in [-0.05, 0) is 29.7 Å². The average molecular weight is 266 g/mol. The van der Waals surface area contributed by atoms with Crippen molar-refractivity contribution in [3.63, 3.8) is 0 Å². The van der Waals surface area contributed by atoms with E-state index in [-0.39, 0.29) is 11.2 Å². The van der Waals surface area contributed by atoms with E-state index in [0.717, 1.165) is 15.1 Å². The van der Waals surface area contributed by atoms with Gasteiger partial charge in [-0.2, -0.15) is 4.37 Å². The van der Waals surface area contributed by atoms with Crippen LogP contribution in [-0.2, 0) is 5.41 Å². The first-order chi connectivity index (χ1) is 7.95. The third-order valence-electron chi connectivity index (χ3n) is 2.10. The number of hydrogen-bond acceptors (Lipinski definition) is 5. The quantitative estimate of drug-likeness (QED) is 0.900. The fourth-order valence-corrected chi connectivity index (χ4v) is 3.02. The van der Waals surface area contributed by atoms with E-state index in [0.29, 0.717) is 0 Å². The number of phenols is 1. The molecule has 0 fully saturated rings. The van der Waals surface area contributed by atoms with Gasteiger partial charge in [0.25, 0.3) is 0 Å². The van der Waals surface area contributed by atoms with Crippen molar-refractivity contribution in [2.24, 2.45) is 0 Å². The Morgan fingerprint density at radius 2 is 2.06 bits per heavy atom. The van der Waals surface area contributed by atoms with Crippen LogP contribution in [0.2, 0.25) is 0 Å². The molecule has 0 radical (unpaired) electrons. The van der Waals surface area contributed by atoms with Crippen LogP contribution in [0.15, 0.2) is 33.5 Å². The van der Waals surface area contributed by atoms with Crippen LogP contribution in [0.5, 0.6) is 5.75 Å². The lowest BCUT2D eigenvalue weighted by molar-refractivity contribution is 0.474. The van der Waals surface area contributed by atoms with E-state index in [1.54, 1.807) is 12.1 Å². The van der Waals surface area contributed by atoms with Crippen molar-refractivity contribution < 1.29 is 5.11 Å². The lowest BCUT2D eigenvalue weighted by Crippen LogP contribution is -2.12. The number of benzene rings is 1. The lowest BCUT2D eigenvalue weighted by atomic mass is 9.96. The normalized spacial score (nSPS) is 11.7. The van der Waals surface area contributed by atoms with Gasteiger partial charge in [-0.25, -0.2) is 4.98 Å². The molecule has 0 bridgehead atoms. The summed E-state index contributed by atoms with van der Waals surface area (Å²) in [4.78, 5) is 5.47. The molecular weight excluding hydrogens is 252 g/mol. The van der Waals surface area contributed by atoms with Crippen molar-refractivity contribution in [3.05, 3.63) is 30.1 Å². The Balaban J connectivity index is 2.17. The molecule has 2 aromatic rings. The molecule has 17 heavy (non-hydrogen) atoms. The van der Waals surface area contributed by atoms with Crippen molar-refractivity contribution in [1.29, 1.82) is 0 Å². The second-order valence-electron chi connectivity index (χ2n) is 4.73. The van der Waals surface area contributed by atoms with Gasteiger partial charge in [0, 0.05) is 10.3 Å². The van der Waals surface area contributed by atoms with Crippen LogP contribution in [-0.4, -0.2) is 14.5 Å². The Morgan fingerprint density at radius 3 is 2.65 bits per heavy atom. The monoisotopic (exact) mass is 266 g/mol. The van der Waals surface area contributed by atoms with Gasteiger partial charge in [0.05, 0.1) is 0 Å². The Bertz CT molecular complexity index is 517. The molecule has 0 aliphatic heterocycles. The van der Waals surface area contributed by atoms with Crippen LogP contribution in [0, 0.1) is 0 Å². The molecule has 0 unspecified atom stereocenters. The number of hydrogen-bond donors (Lipinski definition) is 1. The molecule has 0 saturated carbocycles. The number of aromatic nitrogens is 2. The zero-order valence-corrected chi connectivity index (χ0v) is 11.6. The third kappa shape index (κ3) is 3.20. The minimum atomic E-state index is -0.0197. The zero-order valence-electron chi connectivity index (χ0n) is 9.97. The van der Waals surface area contributed by atoms with E-state index in [9.17, 15) is 5.11 Å². The highest BCUT2D eigenvalue weighted by Gasteiger charge is 2.19. The minimum Gasteiger partial charge on any atom is -0.508 e. The maximum Gasteiger partial charge on any atom is 0.174 e. The van der Waals surface area contributed by atoms with E-state index in [2.05, 4.69) is 30.1 Å². The topological polar surface area (TPSA) is 46.0 Å². The van der Waals surface area contributed by atoms with Crippen LogP contribution < -0.4 is 0 Å². The fraction of sp³-hybridized carbons (Fsp3) is 0.333. The van der Waals surface area contributed by atoms with Crippen molar-refractivity contribution in [3.8, 4) is 5.75 Å². The minimum absolute atomic E-state index is 0.0197. The van der Waals surface area contributed by atoms with Gasteiger partial charge in [-0.3, -0.25) is 0 Å². The highest BCUT2D eigenvalue weighted by Crippen LogP contribution is 2.32. The summed E-state index contributed by atoms with van der Waals surface area (Å²) in [6.07, 6.45) is 0. The number of aromatic hydroxyl groups is 1. The predicted molar refractivity (Wildman–Crippen MR) is 70.8 cm³/mol. The summed E-state index contributed by atoms with van der Waals surface area (Å²) in [6, 6.07) is 7.15. The van der Waals surface area contributed by atoms with Crippen LogP contribution in [0.25, 0.3) is 0 Å². The van der Waals surface area contributed by atoms with E-state index >= 15 is 0 Å². The molecular formula is C12H14N2OS2. The summed E-state index contributed by atoms with van der Waals surface area (Å²) in [7, 11) is 0.